The lowest BCUT2D eigenvalue weighted by molar-refractivity contribution is 0.0492. The first-order valence-electron chi connectivity index (χ1n) is 9.96. The summed E-state index contributed by atoms with van der Waals surface area (Å²) in [6.45, 7) is 2.75. The van der Waals surface area contributed by atoms with Crippen molar-refractivity contribution < 1.29 is 22.6 Å². The Morgan fingerprint density at radius 3 is 2.25 bits per heavy atom. The van der Waals surface area contributed by atoms with E-state index >= 15 is 0 Å². The molecule has 1 atom stereocenters. The van der Waals surface area contributed by atoms with Crippen LogP contribution in [0.4, 0.5) is 0 Å². The van der Waals surface area contributed by atoms with Crippen LogP contribution in [0.3, 0.4) is 0 Å². The Labute approximate surface area is 188 Å². The SMILES string of the molecule is CC(COCc1ccccc1)Oc1cc(Oc2ccc(S(C)(=O)=O)cc2)cc(C(=N)N)c1. The summed E-state index contributed by atoms with van der Waals surface area (Å²) < 4.78 is 40.8. The van der Waals surface area contributed by atoms with Crippen LogP contribution in [0.2, 0.25) is 0 Å². The molecule has 7 nitrogen and oxygen atoms in total. The molecule has 168 valence electrons. The number of hydrogen-bond acceptors (Lipinski definition) is 6. The fourth-order valence-corrected chi connectivity index (χ4v) is 3.56. The van der Waals surface area contributed by atoms with Gasteiger partial charge in [-0.15, -0.1) is 0 Å². The van der Waals surface area contributed by atoms with Gasteiger partial charge in [0.1, 0.15) is 29.2 Å². The third kappa shape index (κ3) is 6.83. The van der Waals surface area contributed by atoms with Crippen molar-refractivity contribution in [3.05, 3.63) is 83.9 Å². The standard InChI is InChI=1S/C24H26N2O5S/c1-17(15-29-16-18-6-4-3-5-7-18)30-21-12-19(24(25)26)13-22(14-21)31-20-8-10-23(11-9-20)32(2,27)28/h3-14,17H,15-16H2,1-2H3,(H3,25,26). The van der Waals surface area contributed by atoms with Crippen LogP contribution in [-0.2, 0) is 21.2 Å². The molecule has 3 N–H and O–H groups in total. The summed E-state index contributed by atoms with van der Waals surface area (Å²) >= 11 is 0. The molecule has 0 aliphatic carbocycles. The Morgan fingerprint density at radius 1 is 0.969 bits per heavy atom. The third-order valence-electron chi connectivity index (χ3n) is 4.48. The van der Waals surface area contributed by atoms with E-state index in [9.17, 15) is 8.42 Å². The number of sulfone groups is 1. The van der Waals surface area contributed by atoms with Crippen molar-refractivity contribution in [2.24, 2.45) is 5.73 Å². The first-order chi connectivity index (χ1) is 15.2. The minimum Gasteiger partial charge on any atom is -0.488 e. The van der Waals surface area contributed by atoms with Crippen LogP contribution in [0.5, 0.6) is 17.2 Å². The molecule has 3 rings (SSSR count). The maximum Gasteiger partial charge on any atom is 0.175 e. The molecular weight excluding hydrogens is 428 g/mol. The fourth-order valence-electron chi connectivity index (χ4n) is 2.93. The summed E-state index contributed by atoms with van der Waals surface area (Å²) in [4.78, 5) is 0.204. The monoisotopic (exact) mass is 454 g/mol. The molecule has 0 aromatic heterocycles. The highest BCUT2D eigenvalue weighted by Crippen LogP contribution is 2.29. The summed E-state index contributed by atoms with van der Waals surface area (Å²) in [7, 11) is -3.29. The molecule has 32 heavy (non-hydrogen) atoms. The van der Waals surface area contributed by atoms with E-state index in [4.69, 9.17) is 25.4 Å². The molecule has 0 heterocycles. The minimum absolute atomic E-state index is 0.124. The van der Waals surface area contributed by atoms with Crippen molar-refractivity contribution in [2.45, 2.75) is 24.5 Å². The van der Waals surface area contributed by atoms with Gasteiger partial charge in [0.2, 0.25) is 0 Å². The number of benzene rings is 3. The first-order valence-corrected chi connectivity index (χ1v) is 11.9. The maximum atomic E-state index is 11.6. The lowest BCUT2D eigenvalue weighted by Crippen LogP contribution is -2.19. The lowest BCUT2D eigenvalue weighted by atomic mass is 10.2. The quantitative estimate of drug-likeness (QED) is 0.352. The van der Waals surface area contributed by atoms with E-state index in [1.54, 1.807) is 30.3 Å². The van der Waals surface area contributed by atoms with E-state index in [1.165, 1.54) is 12.1 Å². The number of amidine groups is 1. The van der Waals surface area contributed by atoms with Crippen LogP contribution >= 0.6 is 0 Å². The fraction of sp³-hybridized carbons (Fsp3) is 0.208. The van der Waals surface area contributed by atoms with Gasteiger partial charge in [-0.25, -0.2) is 8.42 Å². The molecule has 0 fully saturated rings. The van der Waals surface area contributed by atoms with Crippen molar-refractivity contribution in [2.75, 3.05) is 12.9 Å². The predicted octanol–water partition coefficient (Wildman–Crippen LogP) is 4.15. The molecule has 1 unspecified atom stereocenters. The zero-order chi connectivity index (χ0) is 23.1. The molecule has 0 aliphatic rings. The Balaban J connectivity index is 1.67. The summed E-state index contributed by atoms with van der Waals surface area (Å²) in [5, 5.41) is 7.77. The predicted molar refractivity (Wildman–Crippen MR) is 123 cm³/mol. The van der Waals surface area contributed by atoms with Crippen LogP contribution in [0, 0.1) is 5.41 Å². The van der Waals surface area contributed by atoms with E-state index in [2.05, 4.69) is 0 Å². The minimum atomic E-state index is -3.29. The Hall–Kier alpha value is -3.36. The summed E-state index contributed by atoms with van der Waals surface area (Å²) in [6.07, 6.45) is 0.899. The lowest BCUT2D eigenvalue weighted by Gasteiger charge is -2.17. The molecule has 0 amide bonds. The van der Waals surface area contributed by atoms with E-state index in [0.29, 0.717) is 36.0 Å². The average molecular weight is 455 g/mol. The summed E-state index contributed by atoms with van der Waals surface area (Å²) in [6, 6.07) is 20.9. The Bertz CT molecular complexity index is 1160. The van der Waals surface area contributed by atoms with Gasteiger partial charge in [-0.2, -0.15) is 0 Å². The third-order valence-corrected chi connectivity index (χ3v) is 5.61. The summed E-state index contributed by atoms with van der Waals surface area (Å²) in [5.74, 6) is 1.22. The van der Waals surface area contributed by atoms with Gasteiger partial charge >= 0.3 is 0 Å². The second kappa shape index (κ2) is 10.3. The van der Waals surface area contributed by atoms with Crippen molar-refractivity contribution in [1.29, 1.82) is 5.41 Å². The van der Waals surface area contributed by atoms with Crippen LogP contribution in [0.1, 0.15) is 18.1 Å². The molecule has 0 radical (unpaired) electrons. The molecule has 0 bridgehead atoms. The highest BCUT2D eigenvalue weighted by molar-refractivity contribution is 7.90. The van der Waals surface area contributed by atoms with Crippen LogP contribution in [0.15, 0.2) is 77.7 Å². The van der Waals surface area contributed by atoms with Gasteiger partial charge in [0, 0.05) is 17.9 Å². The van der Waals surface area contributed by atoms with E-state index in [1.807, 2.05) is 37.3 Å². The van der Waals surface area contributed by atoms with Gasteiger partial charge in [0.15, 0.2) is 9.84 Å². The van der Waals surface area contributed by atoms with Gasteiger partial charge in [0.25, 0.3) is 0 Å². The number of ether oxygens (including phenoxy) is 3. The number of hydrogen-bond donors (Lipinski definition) is 2. The van der Waals surface area contributed by atoms with Crippen LogP contribution in [-0.4, -0.2) is 33.2 Å². The second-order valence-corrected chi connectivity index (χ2v) is 9.40. The number of nitrogen functional groups attached to an aromatic ring is 1. The molecule has 0 saturated carbocycles. The number of nitrogens with one attached hydrogen (secondary N) is 1. The van der Waals surface area contributed by atoms with Crippen LogP contribution < -0.4 is 15.2 Å². The molecule has 3 aromatic rings. The Kier molecular flexibility index (Phi) is 7.50. The zero-order valence-corrected chi connectivity index (χ0v) is 18.8. The molecule has 8 heteroatoms. The highest BCUT2D eigenvalue weighted by Gasteiger charge is 2.11. The van der Waals surface area contributed by atoms with Gasteiger partial charge in [-0.05, 0) is 48.9 Å². The van der Waals surface area contributed by atoms with E-state index < -0.39 is 9.84 Å². The Morgan fingerprint density at radius 2 is 1.62 bits per heavy atom. The first kappa shape index (κ1) is 23.3. The van der Waals surface area contributed by atoms with Crippen molar-refractivity contribution in [1.82, 2.24) is 0 Å². The van der Waals surface area contributed by atoms with E-state index in [0.717, 1.165) is 11.8 Å². The largest absolute Gasteiger partial charge is 0.488 e. The zero-order valence-electron chi connectivity index (χ0n) is 17.9. The maximum absolute atomic E-state index is 11.6. The topological polar surface area (TPSA) is 112 Å². The number of nitrogens with two attached hydrogens (primary N) is 1. The molecule has 0 saturated heterocycles. The summed E-state index contributed by atoms with van der Waals surface area (Å²) in [5.41, 5.74) is 7.20. The number of rotatable bonds is 10. The van der Waals surface area contributed by atoms with Crippen molar-refractivity contribution in [3.8, 4) is 17.2 Å². The molecular formula is C24H26N2O5S. The molecule has 3 aromatic carbocycles. The normalized spacial score (nSPS) is 12.2. The van der Waals surface area contributed by atoms with Gasteiger partial charge < -0.3 is 19.9 Å². The van der Waals surface area contributed by atoms with Gasteiger partial charge in [0.05, 0.1) is 18.1 Å². The molecule has 0 spiro atoms. The smallest absolute Gasteiger partial charge is 0.175 e. The highest BCUT2D eigenvalue weighted by atomic mass is 32.2. The van der Waals surface area contributed by atoms with E-state index in [-0.39, 0.29) is 16.8 Å². The van der Waals surface area contributed by atoms with Gasteiger partial charge in [-0.1, -0.05) is 30.3 Å². The average Bonchev–Trinajstić information content (AvgIpc) is 2.74. The van der Waals surface area contributed by atoms with Crippen molar-refractivity contribution >= 4 is 15.7 Å². The van der Waals surface area contributed by atoms with Crippen molar-refractivity contribution in [3.63, 3.8) is 0 Å². The second-order valence-electron chi connectivity index (χ2n) is 7.38. The van der Waals surface area contributed by atoms with Gasteiger partial charge in [-0.3, -0.25) is 5.41 Å². The molecule has 0 aliphatic heterocycles. The van der Waals surface area contributed by atoms with Crippen LogP contribution in [0.25, 0.3) is 0 Å².